The normalized spacial score (nSPS) is 13.4. The minimum atomic E-state index is -2.91. The lowest BCUT2D eigenvalue weighted by Crippen LogP contribution is -2.42. The maximum Gasteiger partial charge on any atom is 0.327 e. The quantitative estimate of drug-likeness (QED) is 0.0438. The molecule has 0 radical (unpaired) electrons. The molecule has 9 nitrogen and oxygen atoms in total. The highest BCUT2D eigenvalue weighted by molar-refractivity contribution is 7.52. The van der Waals surface area contributed by atoms with Gasteiger partial charge in [-0.15, -0.1) is 0 Å². The molecule has 194 valence electrons. The Morgan fingerprint density at radius 1 is 0.941 bits per heavy atom. The van der Waals surface area contributed by atoms with Gasteiger partial charge in [0.1, 0.15) is 18.9 Å². The van der Waals surface area contributed by atoms with Crippen LogP contribution in [-0.4, -0.2) is 62.4 Å². The fourth-order valence-corrected chi connectivity index (χ4v) is 4.48. The lowest BCUT2D eigenvalue weighted by molar-refractivity contribution is -0.890. The average molecular weight is 502 g/mol. The first-order chi connectivity index (χ1) is 16.0. The maximum atomic E-state index is 12.0. The molecule has 0 aliphatic carbocycles. The summed E-state index contributed by atoms with van der Waals surface area (Å²) in [5, 5.41) is 10.6. The number of esters is 1. The molecule has 0 aliphatic rings. The van der Waals surface area contributed by atoms with Crippen LogP contribution in [-0.2, 0) is 18.4 Å². The summed E-state index contributed by atoms with van der Waals surface area (Å²) in [6, 6.07) is 5.53. The minimum Gasteiger partial charge on any atom is -0.427 e. The Morgan fingerprint density at radius 3 is 2.06 bits per heavy atom. The number of hydrogen-bond acceptors (Lipinski definition) is 7. The second kappa shape index (κ2) is 16.0. The van der Waals surface area contributed by atoms with Crippen molar-refractivity contribution in [2.24, 2.45) is 0 Å². The molecule has 0 aromatic heterocycles. The van der Waals surface area contributed by atoms with E-state index in [1.54, 1.807) is 0 Å². The summed E-state index contributed by atoms with van der Waals surface area (Å²) in [6.45, 7) is 6.01. The highest BCUT2D eigenvalue weighted by atomic mass is 31.2. The number of carbonyl (C=O) groups excluding carboxylic acids is 1. The van der Waals surface area contributed by atoms with Gasteiger partial charge < -0.3 is 18.3 Å². The zero-order valence-electron chi connectivity index (χ0n) is 21.2. The van der Waals surface area contributed by atoms with E-state index in [0.717, 1.165) is 49.7 Å². The number of nitro benzene ring substituents is 1. The van der Waals surface area contributed by atoms with Crippen molar-refractivity contribution >= 4 is 19.3 Å². The third kappa shape index (κ3) is 14.5. The van der Waals surface area contributed by atoms with Crippen LogP contribution in [0.25, 0.3) is 0 Å². The number of unbranched alkanes of at least 4 members (excludes halogenated alkanes) is 7. The molecule has 10 heteroatoms. The number of ether oxygens (including phenoxy) is 1. The standard InChI is InChI=1S/C24H42N2O7P/c1-5-31-34(4,30)32-21-20-26(2,3)19-13-11-9-7-6-8-10-12-14-24(27)33-23-17-15-22(16-18-23)25(28)29/h15-18H,5-14,19-21H2,1-4H3/q+1. The summed E-state index contributed by atoms with van der Waals surface area (Å²) < 4.78 is 28.6. The molecular formula is C24H42N2O7P+. The van der Waals surface area contributed by atoms with Gasteiger partial charge in [0.2, 0.25) is 0 Å². The van der Waals surface area contributed by atoms with Crippen LogP contribution in [0.4, 0.5) is 5.69 Å². The minimum absolute atomic E-state index is 0.0282. The van der Waals surface area contributed by atoms with Gasteiger partial charge in [-0.3, -0.25) is 19.5 Å². The average Bonchev–Trinajstić information content (AvgIpc) is 2.75. The molecule has 0 saturated heterocycles. The van der Waals surface area contributed by atoms with Crippen LogP contribution in [0.5, 0.6) is 5.75 Å². The molecule has 0 saturated carbocycles. The number of rotatable bonds is 19. The fraction of sp³-hybridized carbons (Fsp3) is 0.708. The summed E-state index contributed by atoms with van der Waals surface area (Å²) in [5.41, 5.74) is -0.0282. The predicted molar refractivity (Wildman–Crippen MR) is 133 cm³/mol. The molecule has 0 spiro atoms. The molecule has 34 heavy (non-hydrogen) atoms. The van der Waals surface area contributed by atoms with Gasteiger partial charge in [0.25, 0.3) is 5.69 Å². The van der Waals surface area contributed by atoms with E-state index in [2.05, 4.69) is 14.1 Å². The highest BCUT2D eigenvalue weighted by Crippen LogP contribution is 2.43. The van der Waals surface area contributed by atoms with Gasteiger partial charge in [0, 0.05) is 25.2 Å². The number of carbonyl (C=O) groups is 1. The van der Waals surface area contributed by atoms with Crippen molar-refractivity contribution in [1.29, 1.82) is 0 Å². The van der Waals surface area contributed by atoms with Gasteiger partial charge in [-0.2, -0.15) is 0 Å². The summed E-state index contributed by atoms with van der Waals surface area (Å²) in [4.78, 5) is 22.0. The molecule has 1 aromatic carbocycles. The van der Waals surface area contributed by atoms with E-state index < -0.39 is 12.5 Å². The lowest BCUT2D eigenvalue weighted by Gasteiger charge is -2.30. The molecule has 0 amide bonds. The van der Waals surface area contributed by atoms with Crippen molar-refractivity contribution in [3.05, 3.63) is 34.4 Å². The second-order valence-corrected chi connectivity index (χ2v) is 11.3. The zero-order valence-corrected chi connectivity index (χ0v) is 22.1. The van der Waals surface area contributed by atoms with Gasteiger partial charge in [-0.1, -0.05) is 32.1 Å². The summed E-state index contributed by atoms with van der Waals surface area (Å²) in [6.07, 6.45) is 9.12. The number of nitrogens with zero attached hydrogens (tertiary/aromatic N) is 2. The molecule has 1 unspecified atom stereocenters. The summed E-state index contributed by atoms with van der Waals surface area (Å²) in [5.74, 6) is 0.0282. The Labute approximate surface area is 204 Å². The van der Waals surface area contributed by atoms with E-state index in [4.69, 9.17) is 13.8 Å². The second-order valence-electron chi connectivity index (χ2n) is 9.21. The van der Waals surface area contributed by atoms with Crippen molar-refractivity contribution in [3.8, 4) is 5.75 Å². The first-order valence-corrected chi connectivity index (χ1v) is 14.2. The first-order valence-electron chi connectivity index (χ1n) is 12.2. The molecule has 0 heterocycles. The Kier molecular flexibility index (Phi) is 14.2. The van der Waals surface area contributed by atoms with Gasteiger partial charge in [-0.25, -0.2) is 0 Å². The van der Waals surface area contributed by atoms with E-state index >= 15 is 0 Å². The Morgan fingerprint density at radius 2 is 1.50 bits per heavy atom. The van der Waals surface area contributed by atoms with Crippen molar-refractivity contribution < 1.29 is 32.6 Å². The van der Waals surface area contributed by atoms with Gasteiger partial charge in [0.05, 0.1) is 32.2 Å². The molecule has 1 aromatic rings. The number of nitro groups is 1. The van der Waals surface area contributed by atoms with Crippen LogP contribution in [0.3, 0.4) is 0 Å². The molecule has 0 bridgehead atoms. The lowest BCUT2D eigenvalue weighted by atomic mass is 10.1. The number of quaternary nitrogens is 1. The van der Waals surface area contributed by atoms with Crippen molar-refractivity contribution in [2.45, 2.75) is 64.7 Å². The Balaban J connectivity index is 2.00. The monoisotopic (exact) mass is 501 g/mol. The Hall–Kier alpha value is -1.80. The zero-order chi connectivity index (χ0) is 25.5. The molecule has 0 fully saturated rings. The third-order valence-electron chi connectivity index (χ3n) is 5.56. The largest absolute Gasteiger partial charge is 0.427 e. The van der Waals surface area contributed by atoms with Crippen molar-refractivity contribution in [2.75, 3.05) is 47.1 Å². The number of likely N-dealkylation sites (N-methyl/N-ethyl adjacent to an activating group) is 1. The van der Waals surface area contributed by atoms with Crippen LogP contribution in [0, 0.1) is 10.1 Å². The third-order valence-corrected chi connectivity index (χ3v) is 6.94. The van der Waals surface area contributed by atoms with E-state index in [1.807, 2.05) is 6.92 Å². The summed E-state index contributed by atoms with van der Waals surface area (Å²) in [7, 11) is 1.41. The topological polar surface area (TPSA) is 105 Å². The van der Waals surface area contributed by atoms with Crippen LogP contribution in [0.15, 0.2) is 24.3 Å². The van der Waals surface area contributed by atoms with E-state index in [1.165, 1.54) is 50.2 Å². The molecule has 1 rings (SSSR count). The van der Waals surface area contributed by atoms with Gasteiger partial charge >= 0.3 is 13.6 Å². The molecular weight excluding hydrogens is 459 g/mol. The predicted octanol–water partition coefficient (Wildman–Crippen LogP) is 5.96. The molecule has 0 aliphatic heterocycles. The van der Waals surface area contributed by atoms with Crippen LogP contribution < -0.4 is 4.74 Å². The van der Waals surface area contributed by atoms with Gasteiger partial charge in [0.15, 0.2) is 0 Å². The van der Waals surface area contributed by atoms with Crippen molar-refractivity contribution in [3.63, 3.8) is 0 Å². The Bertz CT molecular complexity index is 784. The fourth-order valence-electron chi connectivity index (χ4n) is 3.53. The summed E-state index contributed by atoms with van der Waals surface area (Å²) >= 11 is 0. The SMILES string of the molecule is CCOP(C)(=O)OCC[N+](C)(C)CCCCCCCCCCC(=O)Oc1ccc([N+](=O)[O-])cc1. The van der Waals surface area contributed by atoms with Crippen LogP contribution in [0.2, 0.25) is 0 Å². The smallest absolute Gasteiger partial charge is 0.327 e. The molecule has 1 atom stereocenters. The first kappa shape index (κ1) is 30.2. The van der Waals surface area contributed by atoms with Crippen LogP contribution >= 0.6 is 7.60 Å². The van der Waals surface area contributed by atoms with E-state index in [-0.39, 0.29) is 11.7 Å². The van der Waals surface area contributed by atoms with E-state index in [9.17, 15) is 19.5 Å². The van der Waals surface area contributed by atoms with Crippen molar-refractivity contribution in [1.82, 2.24) is 0 Å². The highest BCUT2D eigenvalue weighted by Gasteiger charge is 2.20. The van der Waals surface area contributed by atoms with E-state index in [0.29, 0.717) is 25.4 Å². The number of benzene rings is 1. The maximum absolute atomic E-state index is 12.0. The number of hydrogen-bond donors (Lipinski definition) is 0. The molecule has 0 N–H and O–H groups in total. The van der Waals surface area contributed by atoms with Crippen LogP contribution in [0.1, 0.15) is 64.7 Å². The number of non-ortho nitro benzene ring substituents is 1. The van der Waals surface area contributed by atoms with Gasteiger partial charge in [-0.05, 0) is 38.3 Å².